The van der Waals surface area contributed by atoms with Crippen molar-refractivity contribution in [3.63, 3.8) is 0 Å². The lowest BCUT2D eigenvalue weighted by molar-refractivity contribution is 0.764. The molecule has 0 aromatic heterocycles. The van der Waals surface area contributed by atoms with Crippen LogP contribution in [-0.2, 0) is 0 Å². The minimum absolute atomic E-state index is 0.466. The number of thiocarbonyl (C=S) groups is 1. The number of hydrogen-bond acceptors (Lipinski definition) is 4. The first-order valence-corrected chi connectivity index (χ1v) is 14.2. The fourth-order valence-corrected chi connectivity index (χ4v) is 8.77. The van der Waals surface area contributed by atoms with Gasteiger partial charge in [0.2, 0.25) is 0 Å². The van der Waals surface area contributed by atoms with Crippen LogP contribution in [0.2, 0.25) is 0 Å². The Kier molecular flexibility index (Phi) is 8.66. The molecule has 0 saturated carbocycles. The Hall–Kier alpha value is -2.27. The first-order chi connectivity index (χ1) is 15.8. The van der Waals surface area contributed by atoms with Crippen molar-refractivity contribution in [2.24, 2.45) is 0 Å². The van der Waals surface area contributed by atoms with Crippen LogP contribution in [0.1, 0.15) is 12.8 Å². The van der Waals surface area contributed by atoms with E-state index in [0.29, 0.717) is 5.11 Å². The first kappa shape index (κ1) is 22.9. The van der Waals surface area contributed by atoms with Crippen LogP contribution in [0.4, 0.5) is 17.1 Å². The molecule has 0 spiro atoms. The molecule has 1 saturated heterocycles. The van der Waals surface area contributed by atoms with Gasteiger partial charge >= 0.3 is 0 Å². The zero-order chi connectivity index (χ0) is 22.0. The number of benzene rings is 3. The van der Waals surface area contributed by atoms with E-state index in [1.54, 1.807) is 0 Å². The Morgan fingerprint density at radius 2 is 1.31 bits per heavy atom. The van der Waals surface area contributed by atoms with Crippen LogP contribution in [0.5, 0.6) is 0 Å². The number of rotatable bonds is 9. The molecule has 0 atom stereocenters. The van der Waals surface area contributed by atoms with Gasteiger partial charge in [0.05, 0.1) is 0 Å². The predicted molar refractivity (Wildman–Crippen MR) is 147 cm³/mol. The zero-order valence-electron chi connectivity index (χ0n) is 18.1. The van der Waals surface area contributed by atoms with Crippen LogP contribution in [0, 0.1) is 0 Å². The lowest BCUT2D eigenvalue weighted by Gasteiger charge is -2.31. The van der Waals surface area contributed by atoms with Crippen LogP contribution in [0.25, 0.3) is 0 Å². The average molecular weight is 481 g/mol. The van der Waals surface area contributed by atoms with Crippen molar-refractivity contribution < 1.29 is 0 Å². The molecule has 166 valence electrons. The van der Waals surface area contributed by atoms with Gasteiger partial charge in [0.25, 0.3) is 0 Å². The minimum Gasteiger partial charge on any atom is -0.362 e. The second kappa shape index (κ2) is 12.1. The molecular formula is C25H29N4PS2. The maximum Gasteiger partial charge on any atom is 0.170 e. The van der Waals surface area contributed by atoms with Crippen LogP contribution >= 0.6 is 31.0 Å². The molecule has 0 aliphatic carbocycles. The van der Waals surface area contributed by atoms with Crippen LogP contribution in [0.3, 0.4) is 0 Å². The largest absolute Gasteiger partial charge is 0.362 e. The van der Waals surface area contributed by atoms with Gasteiger partial charge in [-0.2, -0.15) is 0 Å². The van der Waals surface area contributed by atoms with E-state index in [0.717, 1.165) is 43.9 Å². The molecule has 0 unspecified atom stereocenters. The Balaban J connectivity index is 1.26. The van der Waals surface area contributed by atoms with Crippen LogP contribution in [-0.4, -0.2) is 30.5 Å². The van der Waals surface area contributed by atoms with E-state index in [1.807, 2.05) is 30.3 Å². The zero-order valence-corrected chi connectivity index (χ0v) is 20.6. The summed E-state index contributed by atoms with van der Waals surface area (Å²) in [5.41, 5.74) is 3.67. The maximum atomic E-state index is 5.40. The normalized spacial score (nSPS) is 13.9. The number of unbranched alkanes of at least 4 members (excludes halogenated alkanes) is 1. The van der Waals surface area contributed by atoms with Crippen molar-refractivity contribution in [2.45, 2.75) is 12.8 Å². The van der Waals surface area contributed by atoms with Gasteiger partial charge in [-0.15, -0.1) is 0 Å². The minimum atomic E-state index is -0.466. The van der Waals surface area contributed by atoms with E-state index >= 15 is 0 Å². The monoisotopic (exact) mass is 480 g/mol. The predicted octanol–water partition coefficient (Wildman–Crippen LogP) is 6.74. The molecule has 0 bridgehead atoms. The third-order valence-electron chi connectivity index (χ3n) is 5.14. The SMILES string of the molecule is S=C(NCCCCSP1N(c2ccccc2)CCN1c1ccccc1)Nc1ccccc1. The fourth-order valence-electron chi connectivity index (χ4n) is 3.56. The second-order valence-corrected chi connectivity index (χ2v) is 11.8. The smallest absolute Gasteiger partial charge is 0.170 e. The van der Waals surface area contributed by atoms with Gasteiger partial charge in [-0.25, -0.2) is 0 Å². The van der Waals surface area contributed by atoms with Gasteiger partial charge in [-0.05, 0) is 61.5 Å². The molecule has 3 aromatic carbocycles. The van der Waals surface area contributed by atoms with Crippen LogP contribution < -0.4 is 20.0 Å². The number of hydrogen-bond donors (Lipinski definition) is 2. The molecule has 0 amide bonds. The number of nitrogens with one attached hydrogen (secondary N) is 2. The molecule has 1 aliphatic heterocycles. The molecule has 4 rings (SSSR count). The van der Waals surface area contributed by atoms with Gasteiger partial charge < -0.3 is 20.0 Å². The van der Waals surface area contributed by atoms with Gasteiger partial charge in [0.1, 0.15) is 0 Å². The maximum absolute atomic E-state index is 5.40. The molecule has 0 radical (unpaired) electrons. The van der Waals surface area contributed by atoms with Gasteiger partial charge in [0.15, 0.2) is 12.5 Å². The topological polar surface area (TPSA) is 30.5 Å². The molecule has 32 heavy (non-hydrogen) atoms. The molecule has 7 heteroatoms. The quantitative estimate of drug-likeness (QED) is 0.200. The summed E-state index contributed by atoms with van der Waals surface area (Å²) in [6.45, 7) is 3.03. The van der Waals surface area contributed by atoms with E-state index in [-0.39, 0.29) is 0 Å². The third-order valence-corrected chi connectivity index (χ3v) is 10.2. The van der Waals surface area contributed by atoms with Crippen LogP contribution in [0.15, 0.2) is 91.0 Å². The Morgan fingerprint density at radius 3 is 1.88 bits per heavy atom. The van der Waals surface area contributed by atoms with Crippen molar-refractivity contribution in [2.75, 3.05) is 40.0 Å². The number of anilines is 3. The Morgan fingerprint density at radius 1 is 0.781 bits per heavy atom. The lowest BCUT2D eigenvalue weighted by Crippen LogP contribution is -2.29. The van der Waals surface area contributed by atoms with Crippen molar-refractivity contribution >= 4 is 53.2 Å². The van der Waals surface area contributed by atoms with Gasteiger partial charge in [-0.3, -0.25) is 0 Å². The van der Waals surface area contributed by atoms with Crippen molar-refractivity contribution in [3.05, 3.63) is 91.0 Å². The lowest BCUT2D eigenvalue weighted by atomic mass is 10.3. The molecule has 1 aliphatic rings. The van der Waals surface area contributed by atoms with Gasteiger partial charge in [0, 0.05) is 42.4 Å². The highest BCUT2D eigenvalue weighted by molar-refractivity contribution is 8.56. The van der Waals surface area contributed by atoms with E-state index in [4.69, 9.17) is 12.2 Å². The summed E-state index contributed by atoms with van der Waals surface area (Å²) in [4.78, 5) is 0. The molecule has 1 heterocycles. The average Bonchev–Trinajstić information content (AvgIpc) is 3.27. The van der Waals surface area contributed by atoms with Crippen molar-refractivity contribution in [3.8, 4) is 0 Å². The first-order valence-electron chi connectivity index (χ1n) is 11.0. The van der Waals surface area contributed by atoms with E-state index < -0.39 is 7.42 Å². The van der Waals surface area contributed by atoms with Gasteiger partial charge in [-0.1, -0.05) is 66.0 Å². The van der Waals surface area contributed by atoms with Crippen molar-refractivity contribution in [1.29, 1.82) is 0 Å². The van der Waals surface area contributed by atoms with E-state index in [9.17, 15) is 0 Å². The van der Waals surface area contributed by atoms with E-state index in [2.05, 4.69) is 92.0 Å². The summed E-state index contributed by atoms with van der Waals surface area (Å²) >= 11 is 7.49. The Labute approximate surface area is 202 Å². The summed E-state index contributed by atoms with van der Waals surface area (Å²) in [6, 6.07) is 31.7. The molecule has 1 fully saturated rings. The summed E-state index contributed by atoms with van der Waals surface area (Å²) in [6.07, 6.45) is 2.26. The molecule has 4 nitrogen and oxygen atoms in total. The molecule has 2 N–H and O–H groups in total. The highest BCUT2D eigenvalue weighted by Gasteiger charge is 2.33. The number of para-hydroxylation sites is 3. The summed E-state index contributed by atoms with van der Waals surface area (Å²) in [5, 5.41) is 7.24. The highest BCUT2D eigenvalue weighted by Crippen LogP contribution is 2.61. The van der Waals surface area contributed by atoms with Crippen molar-refractivity contribution in [1.82, 2.24) is 5.32 Å². The Bertz CT molecular complexity index is 912. The fraction of sp³-hybridized carbons (Fsp3) is 0.240. The third kappa shape index (κ3) is 6.38. The molecular weight excluding hydrogens is 451 g/mol. The highest BCUT2D eigenvalue weighted by atomic mass is 32.7. The summed E-state index contributed by atoms with van der Waals surface area (Å²) in [5.74, 6) is 1.14. The summed E-state index contributed by atoms with van der Waals surface area (Å²) in [7, 11) is -0.466. The summed E-state index contributed by atoms with van der Waals surface area (Å²) < 4.78 is 5.17. The second-order valence-electron chi connectivity index (χ2n) is 7.46. The standard InChI is InChI=1S/C25H29N4PS2/c31-25(27-22-12-4-1-5-13-22)26-18-10-11-21-32-30-28(23-14-6-2-7-15-23)19-20-29(30)24-16-8-3-9-17-24/h1-9,12-17H,10-11,18-21H2,(H2,26,27,31). The molecule has 3 aromatic rings. The van der Waals surface area contributed by atoms with E-state index in [1.165, 1.54) is 11.4 Å². The number of nitrogens with zero attached hydrogens (tertiary/aromatic N) is 2.